The molecule has 0 aliphatic carbocycles. The van der Waals surface area contributed by atoms with Gasteiger partial charge in [-0.1, -0.05) is 23.7 Å². The molecule has 1 heterocycles. The zero-order valence-corrected chi connectivity index (χ0v) is 10.7. The number of hydrogen-bond acceptors (Lipinski definition) is 3. The van der Waals surface area contributed by atoms with Crippen molar-refractivity contribution in [1.82, 2.24) is 20.1 Å². The normalized spacial score (nSPS) is 10.3. The Kier molecular flexibility index (Phi) is 3.94. The second-order valence-electron chi connectivity index (χ2n) is 3.78. The number of benzene rings is 1. The molecule has 1 amide bonds. The molecule has 18 heavy (non-hydrogen) atoms. The Morgan fingerprint density at radius 3 is 2.94 bits per heavy atom. The van der Waals surface area contributed by atoms with Gasteiger partial charge in [0.25, 0.3) is 5.91 Å². The maximum Gasteiger partial charge on any atom is 0.291 e. The van der Waals surface area contributed by atoms with E-state index < -0.39 is 0 Å². The van der Waals surface area contributed by atoms with Crippen molar-refractivity contribution in [2.75, 3.05) is 6.54 Å². The van der Waals surface area contributed by atoms with E-state index in [0.29, 0.717) is 18.1 Å². The number of amides is 1. The Bertz CT molecular complexity index is 527. The maximum atomic E-state index is 12.1. The van der Waals surface area contributed by atoms with Crippen LogP contribution in [0.3, 0.4) is 0 Å². The molecule has 0 radical (unpaired) electrons. The molecule has 2 aromatic rings. The van der Waals surface area contributed by atoms with E-state index in [2.05, 4.69) is 15.2 Å². The lowest BCUT2D eigenvalue weighted by Crippen LogP contribution is -2.31. The first-order valence-electron chi connectivity index (χ1n) is 5.59. The lowest BCUT2D eigenvalue weighted by Gasteiger charge is -2.19. The van der Waals surface area contributed by atoms with Gasteiger partial charge in [-0.05, 0) is 24.6 Å². The number of H-pyrrole nitrogens is 1. The summed E-state index contributed by atoms with van der Waals surface area (Å²) in [6.07, 6.45) is 1.32. The molecule has 0 aliphatic heterocycles. The fraction of sp³-hybridized carbons (Fsp3) is 0.250. The Hall–Kier alpha value is -1.88. The second-order valence-corrected chi connectivity index (χ2v) is 4.22. The summed E-state index contributed by atoms with van der Waals surface area (Å²) in [5.41, 5.74) is 0.984. The van der Waals surface area contributed by atoms with E-state index in [1.54, 1.807) is 11.0 Å². The maximum absolute atomic E-state index is 12.1. The zero-order chi connectivity index (χ0) is 13.0. The van der Waals surface area contributed by atoms with Gasteiger partial charge in [-0.3, -0.25) is 9.89 Å². The van der Waals surface area contributed by atoms with Crippen LogP contribution in [-0.2, 0) is 6.54 Å². The Labute approximate surface area is 110 Å². The van der Waals surface area contributed by atoms with Gasteiger partial charge in [0.2, 0.25) is 5.82 Å². The predicted octanol–water partition coefficient (Wildman–Crippen LogP) is 2.12. The van der Waals surface area contributed by atoms with E-state index in [0.717, 1.165) is 5.56 Å². The fourth-order valence-electron chi connectivity index (χ4n) is 1.64. The minimum absolute atomic E-state index is 0.171. The predicted molar refractivity (Wildman–Crippen MR) is 68.2 cm³/mol. The van der Waals surface area contributed by atoms with Gasteiger partial charge < -0.3 is 4.90 Å². The molecule has 1 aromatic heterocycles. The van der Waals surface area contributed by atoms with Crippen LogP contribution >= 0.6 is 11.6 Å². The van der Waals surface area contributed by atoms with Crippen LogP contribution in [0.25, 0.3) is 0 Å². The summed E-state index contributed by atoms with van der Waals surface area (Å²) in [5, 5.41) is 6.91. The number of carbonyl (C=O) groups excluding carboxylic acids is 1. The highest BCUT2D eigenvalue weighted by Crippen LogP contribution is 2.13. The summed E-state index contributed by atoms with van der Waals surface area (Å²) in [6.45, 7) is 3.00. The van der Waals surface area contributed by atoms with E-state index in [4.69, 9.17) is 11.6 Å². The van der Waals surface area contributed by atoms with Crippen LogP contribution in [0.15, 0.2) is 30.6 Å². The molecular weight excluding hydrogens is 252 g/mol. The van der Waals surface area contributed by atoms with Crippen LogP contribution in [0.4, 0.5) is 0 Å². The topological polar surface area (TPSA) is 61.9 Å². The third-order valence-electron chi connectivity index (χ3n) is 2.55. The smallest absolute Gasteiger partial charge is 0.291 e. The number of nitrogens with one attached hydrogen (secondary N) is 1. The van der Waals surface area contributed by atoms with Gasteiger partial charge in [-0.15, -0.1) is 0 Å². The van der Waals surface area contributed by atoms with E-state index in [1.807, 2.05) is 25.1 Å². The molecule has 6 heteroatoms. The van der Waals surface area contributed by atoms with Crippen LogP contribution in [0.5, 0.6) is 0 Å². The fourth-order valence-corrected chi connectivity index (χ4v) is 1.85. The second kappa shape index (κ2) is 5.64. The summed E-state index contributed by atoms with van der Waals surface area (Å²) in [5.74, 6) is 0.0776. The van der Waals surface area contributed by atoms with Gasteiger partial charge in [-0.2, -0.15) is 5.10 Å². The average molecular weight is 265 g/mol. The Balaban J connectivity index is 2.12. The van der Waals surface area contributed by atoms with Crippen molar-refractivity contribution in [3.05, 3.63) is 47.0 Å². The molecular formula is C12H13ClN4O. The molecule has 0 atom stereocenters. The summed E-state index contributed by atoms with van der Waals surface area (Å²) < 4.78 is 0. The standard InChI is InChI=1S/C12H13ClN4O/c1-2-17(12(18)11-14-8-15-16-11)7-9-4-3-5-10(13)6-9/h3-6,8H,2,7H2,1H3,(H,14,15,16). The number of nitrogens with zero attached hydrogens (tertiary/aromatic N) is 3. The van der Waals surface area contributed by atoms with Crippen molar-refractivity contribution in [3.8, 4) is 0 Å². The first-order valence-corrected chi connectivity index (χ1v) is 5.97. The van der Waals surface area contributed by atoms with Crippen LogP contribution in [0.2, 0.25) is 5.02 Å². The molecule has 2 rings (SSSR count). The largest absolute Gasteiger partial charge is 0.332 e. The first kappa shape index (κ1) is 12.6. The quantitative estimate of drug-likeness (QED) is 0.920. The van der Waals surface area contributed by atoms with Gasteiger partial charge in [0.15, 0.2) is 0 Å². The van der Waals surface area contributed by atoms with E-state index in [9.17, 15) is 4.79 Å². The van der Waals surface area contributed by atoms with Crippen molar-refractivity contribution in [2.24, 2.45) is 0 Å². The van der Waals surface area contributed by atoms with E-state index in [-0.39, 0.29) is 11.7 Å². The summed E-state index contributed by atoms with van der Waals surface area (Å²) >= 11 is 5.92. The lowest BCUT2D eigenvalue weighted by atomic mass is 10.2. The number of aromatic nitrogens is 3. The molecule has 1 aromatic carbocycles. The number of aromatic amines is 1. The molecule has 0 spiro atoms. The van der Waals surface area contributed by atoms with Gasteiger partial charge in [0, 0.05) is 18.1 Å². The molecule has 0 bridgehead atoms. The number of carbonyl (C=O) groups is 1. The molecule has 0 fully saturated rings. The average Bonchev–Trinajstić information content (AvgIpc) is 2.89. The highest BCUT2D eigenvalue weighted by Gasteiger charge is 2.16. The molecule has 0 aliphatic rings. The van der Waals surface area contributed by atoms with Crippen molar-refractivity contribution < 1.29 is 4.79 Å². The van der Waals surface area contributed by atoms with Gasteiger partial charge in [0.1, 0.15) is 6.33 Å². The molecule has 0 saturated carbocycles. The zero-order valence-electron chi connectivity index (χ0n) is 9.93. The van der Waals surface area contributed by atoms with Crippen molar-refractivity contribution >= 4 is 17.5 Å². The summed E-state index contributed by atoms with van der Waals surface area (Å²) in [7, 11) is 0. The van der Waals surface area contributed by atoms with Crippen LogP contribution in [0.1, 0.15) is 23.1 Å². The summed E-state index contributed by atoms with van der Waals surface area (Å²) in [6, 6.07) is 7.45. The lowest BCUT2D eigenvalue weighted by molar-refractivity contribution is 0.0740. The van der Waals surface area contributed by atoms with Crippen LogP contribution in [0, 0.1) is 0 Å². The van der Waals surface area contributed by atoms with Crippen molar-refractivity contribution in [3.63, 3.8) is 0 Å². The van der Waals surface area contributed by atoms with Crippen molar-refractivity contribution in [1.29, 1.82) is 0 Å². The monoisotopic (exact) mass is 264 g/mol. The minimum atomic E-state index is -0.171. The highest BCUT2D eigenvalue weighted by atomic mass is 35.5. The highest BCUT2D eigenvalue weighted by molar-refractivity contribution is 6.30. The third-order valence-corrected chi connectivity index (χ3v) is 2.78. The molecule has 0 saturated heterocycles. The van der Waals surface area contributed by atoms with Gasteiger partial charge >= 0.3 is 0 Å². The molecule has 94 valence electrons. The number of hydrogen-bond donors (Lipinski definition) is 1. The molecule has 0 unspecified atom stereocenters. The number of halogens is 1. The first-order chi connectivity index (χ1) is 8.70. The SMILES string of the molecule is CCN(Cc1cccc(Cl)c1)C(=O)c1ncn[nH]1. The van der Waals surface area contributed by atoms with E-state index in [1.165, 1.54) is 6.33 Å². The van der Waals surface area contributed by atoms with Crippen LogP contribution < -0.4 is 0 Å². The van der Waals surface area contributed by atoms with Crippen LogP contribution in [-0.4, -0.2) is 32.5 Å². The summed E-state index contributed by atoms with van der Waals surface area (Å²) in [4.78, 5) is 17.6. The molecule has 5 nitrogen and oxygen atoms in total. The third kappa shape index (κ3) is 2.87. The van der Waals surface area contributed by atoms with Gasteiger partial charge in [-0.25, -0.2) is 4.98 Å². The van der Waals surface area contributed by atoms with Gasteiger partial charge in [0.05, 0.1) is 0 Å². The minimum Gasteiger partial charge on any atom is -0.332 e. The Morgan fingerprint density at radius 1 is 1.50 bits per heavy atom. The number of rotatable bonds is 4. The Morgan fingerprint density at radius 2 is 2.33 bits per heavy atom. The van der Waals surface area contributed by atoms with Crippen molar-refractivity contribution in [2.45, 2.75) is 13.5 Å². The molecule has 1 N–H and O–H groups in total. The van der Waals surface area contributed by atoms with E-state index >= 15 is 0 Å².